The van der Waals surface area contributed by atoms with E-state index < -0.39 is 0 Å². The Bertz CT molecular complexity index is 32.1. The van der Waals surface area contributed by atoms with Crippen LogP contribution in [0.5, 0.6) is 0 Å². The van der Waals surface area contributed by atoms with Crippen LogP contribution >= 0.6 is 0 Å². The third-order valence-electron chi connectivity index (χ3n) is 0.803. The Morgan fingerprint density at radius 2 is 2.43 bits per heavy atom. The highest BCUT2D eigenvalue weighted by atomic mass is 28.3. The molecule has 0 fully saturated rings. The van der Waals surface area contributed by atoms with Gasteiger partial charge >= 0.3 is 0 Å². The van der Waals surface area contributed by atoms with Crippen LogP contribution < -0.4 is 5.73 Å². The van der Waals surface area contributed by atoms with E-state index in [-0.39, 0.29) is 9.76 Å². The molecule has 0 aliphatic heterocycles. The van der Waals surface area contributed by atoms with Crippen molar-refractivity contribution >= 4 is 20.2 Å². The average Bonchev–Trinajstić information content (AvgIpc) is 1.69. The predicted molar refractivity (Wildman–Crippen MR) is 38.0 cm³/mol. The van der Waals surface area contributed by atoms with Gasteiger partial charge in [-0.15, -0.1) is 0 Å². The van der Waals surface area contributed by atoms with Crippen molar-refractivity contribution in [2.24, 2.45) is 5.73 Å². The summed E-state index contributed by atoms with van der Waals surface area (Å²) in [6.45, 7) is 0.831. The Morgan fingerprint density at radius 1 is 1.71 bits per heavy atom. The van der Waals surface area contributed by atoms with Crippen LogP contribution in [0.25, 0.3) is 0 Å². The molecule has 0 radical (unpaired) electrons. The van der Waals surface area contributed by atoms with Crippen LogP contribution in [-0.4, -0.2) is 26.8 Å². The minimum Gasteiger partial charge on any atom is -0.468 e. The van der Waals surface area contributed by atoms with Crippen LogP contribution in [0.4, 0.5) is 0 Å². The summed E-state index contributed by atoms with van der Waals surface area (Å²) in [6.07, 6.45) is 1.16. The van der Waals surface area contributed by atoms with E-state index in [0.29, 0.717) is 0 Å². The summed E-state index contributed by atoms with van der Waals surface area (Å²) in [7, 11) is 0.819. The SMILES string of the molecule is NCCC[SiH2]O[SiH3]. The third-order valence-corrected chi connectivity index (χ3v) is 3.22. The molecule has 0 aliphatic carbocycles. The minimum atomic E-state index is -0.108. The molecule has 0 saturated heterocycles. The van der Waals surface area contributed by atoms with Crippen molar-refractivity contribution in [2.75, 3.05) is 6.54 Å². The quantitative estimate of drug-likeness (QED) is 0.362. The first-order chi connectivity index (χ1) is 3.41. The molecule has 2 N–H and O–H groups in total. The zero-order valence-electron chi connectivity index (χ0n) is 4.81. The lowest BCUT2D eigenvalue weighted by atomic mass is 10.5. The van der Waals surface area contributed by atoms with Crippen LogP contribution in [0.1, 0.15) is 6.42 Å². The van der Waals surface area contributed by atoms with E-state index in [1.54, 1.807) is 0 Å². The van der Waals surface area contributed by atoms with E-state index in [4.69, 9.17) is 9.85 Å². The van der Waals surface area contributed by atoms with Crippen molar-refractivity contribution in [1.82, 2.24) is 0 Å². The largest absolute Gasteiger partial charge is 0.468 e. The highest BCUT2D eigenvalue weighted by Crippen LogP contribution is 1.82. The van der Waals surface area contributed by atoms with Crippen LogP contribution in [0.15, 0.2) is 0 Å². The topological polar surface area (TPSA) is 35.2 Å². The fourth-order valence-corrected chi connectivity index (χ4v) is 2.04. The van der Waals surface area contributed by atoms with E-state index >= 15 is 0 Å². The van der Waals surface area contributed by atoms with Gasteiger partial charge in [0, 0.05) is 0 Å². The second-order valence-electron chi connectivity index (χ2n) is 1.49. The molecule has 0 rings (SSSR count). The van der Waals surface area contributed by atoms with Gasteiger partial charge in [-0.1, -0.05) is 0 Å². The molecule has 0 aromatic rings. The molecule has 44 valence electrons. The Morgan fingerprint density at radius 3 is 2.86 bits per heavy atom. The summed E-state index contributed by atoms with van der Waals surface area (Å²) in [5.74, 6) is 0. The first-order valence-electron chi connectivity index (χ1n) is 2.61. The minimum absolute atomic E-state index is 0.108. The molecule has 0 bridgehead atoms. The van der Waals surface area contributed by atoms with E-state index in [9.17, 15) is 0 Å². The number of rotatable bonds is 4. The lowest BCUT2D eigenvalue weighted by Gasteiger charge is -1.92. The second kappa shape index (κ2) is 6.35. The maximum Gasteiger partial charge on any atom is 0.145 e. The van der Waals surface area contributed by atoms with Crippen LogP contribution in [0.2, 0.25) is 6.04 Å². The summed E-state index contributed by atoms with van der Waals surface area (Å²) >= 11 is 0. The normalized spacial score (nSPS) is 11.6. The lowest BCUT2D eigenvalue weighted by Crippen LogP contribution is -2.01. The maximum atomic E-state index is 5.25. The first kappa shape index (κ1) is 7.35. The zero-order valence-corrected chi connectivity index (χ0v) is 8.23. The molecule has 2 nitrogen and oxygen atoms in total. The number of hydrogen-bond donors (Lipinski definition) is 1. The van der Waals surface area contributed by atoms with E-state index in [1.807, 2.05) is 0 Å². The molecular weight excluding hydrogens is 122 g/mol. The van der Waals surface area contributed by atoms with Crippen molar-refractivity contribution in [1.29, 1.82) is 0 Å². The van der Waals surface area contributed by atoms with Crippen molar-refractivity contribution in [3.05, 3.63) is 0 Å². The van der Waals surface area contributed by atoms with Gasteiger partial charge in [-0.25, -0.2) is 0 Å². The Labute approximate surface area is 49.9 Å². The van der Waals surface area contributed by atoms with E-state index in [2.05, 4.69) is 0 Å². The van der Waals surface area contributed by atoms with Gasteiger partial charge in [-0.2, -0.15) is 0 Å². The van der Waals surface area contributed by atoms with E-state index in [0.717, 1.165) is 23.5 Å². The van der Waals surface area contributed by atoms with Crippen molar-refractivity contribution in [3.63, 3.8) is 0 Å². The average molecular weight is 135 g/mol. The molecule has 4 heteroatoms. The first-order valence-corrected chi connectivity index (χ1v) is 5.00. The maximum absolute atomic E-state index is 5.25. The molecule has 0 aliphatic rings. The highest BCUT2D eigenvalue weighted by molar-refractivity contribution is 6.34. The van der Waals surface area contributed by atoms with Gasteiger partial charge in [0.25, 0.3) is 0 Å². The van der Waals surface area contributed by atoms with Gasteiger partial charge in [0.1, 0.15) is 20.2 Å². The van der Waals surface area contributed by atoms with E-state index in [1.165, 1.54) is 6.04 Å². The second-order valence-corrected chi connectivity index (χ2v) is 4.91. The fourth-order valence-electron chi connectivity index (χ4n) is 0.391. The Hall–Kier alpha value is 0.354. The molecule has 7 heavy (non-hydrogen) atoms. The Balaban J connectivity index is 2.45. The van der Waals surface area contributed by atoms with Gasteiger partial charge in [0.15, 0.2) is 0 Å². The molecule has 0 saturated carbocycles. The zero-order chi connectivity index (χ0) is 5.54. The van der Waals surface area contributed by atoms with Gasteiger partial charge in [-0.3, -0.25) is 0 Å². The summed E-state index contributed by atoms with van der Waals surface area (Å²) in [4.78, 5) is 0. The van der Waals surface area contributed by atoms with Gasteiger partial charge in [0.2, 0.25) is 0 Å². The van der Waals surface area contributed by atoms with Gasteiger partial charge < -0.3 is 9.85 Å². The Kier molecular flexibility index (Phi) is 6.67. The standard InChI is InChI=1S/C3H13NOSi2/c4-2-1-3-7-5-6/h1-4,7H2,6H3. The fraction of sp³-hybridized carbons (Fsp3) is 1.00. The van der Waals surface area contributed by atoms with Crippen molar-refractivity contribution in [2.45, 2.75) is 12.5 Å². The molecule has 0 atom stereocenters. The van der Waals surface area contributed by atoms with Crippen LogP contribution in [-0.2, 0) is 4.12 Å². The number of hydrogen-bond acceptors (Lipinski definition) is 2. The van der Waals surface area contributed by atoms with Gasteiger partial charge in [0.05, 0.1) is 0 Å². The summed E-state index contributed by atoms with van der Waals surface area (Å²) in [5, 5.41) is 0. The molecular formula is C3H13NOSi2. The van der Waals surface area contributed by atoms with Crippen molar-refractivity contribution < 1.29 is 4.12 Å². The lowest BCUT2D eigenvalue weighted by molar-refractivity contribution is 0.654. The number of nitrogens with two attached hydrogens (primary N) is 1. The highest BCUT2D eigenvalue weighted by Gasteiger charge is 1.81. The molecule has 0 heterocycles. The molecule has 0 amide bonds. The smallest absolute Gasteiger partial charge is 0.145 e. The molecule has 0 spiro atoms. The molecule has 0 aromatic carbocycles. The summed E-state index contributed by atoms with van der Waals surface area (Å²) < 4.78 is 5.07. The predicted octanol–water partition coefficient (Wildman–Crippen LogP) is -1.87. The molecule has 0 unspecified atom stereocenters. The van der Waals surface area contributed by atoms with Crippen LogP contribution in [0, 0.1) is 0 Å². The third kappa shape index (κ3) is 6.35. The summed E-state index contributed by atoms with van der Waals surface area (Å²) in [6, 6.07) is 1.26. The summed E-state index contributed by atoms with van der Waals surface area (Å²) in [5.41, 5.74) is 5.25. The van der Waals surface area contributed by atoms with Crippen LogP contribution in [0.3, 0.4) is 0 Å². The molecule has 0 aromatic heterocycles. The van der Waals surface area contributed by atoms with Crippen molar-refractivity contribution in [3.8, 4) is 0 Å². The monoisotopic (exact) mass is 135 g/mol. The van der Waals surface area contributed by atoms with Gasteiger partial charge in [-0.05, 0) is 19.0 Å².